The largest absolute Gasteiger partial charge is 0.334 e. The number of hydrogen-bond donors (Lipinski definition) is 1. The maximum atomic E-state index is 11.0. The fourth-order valence-corrected chi connectivity index (χ4v) is 1.92. The predicted octanol–water partition coefficient (Wildman–Crippen LogP) is 3.11. The van der Waals surface area contributed by atoms with E-state index in [4.69, 9.17) is 0 Å². The molecule has 0 aliphatic heterocycles. The number of nitro groups is 1. The van der Waals surface area contributed by atoms with Crippen LogP contribution in [-0.2, 0) is 0 Å². The number of aromatic nitrogens is 1. The maximum Gasteiger partial charge on any atom is 0.311 e. The summed E-state index contributed by atoms with van der Waals surface area (Å²) in [6, 6.07) is 10.7. The first-order valence-corrected chi connectivity index (χ1v) is 6.68. The normalized spacial score (nSPS) is 10.1. The highest BCUT2D eigenvalue weighted by atomic mass is 16.6. The van der Waals surface area contributed by atoms with E-state index in [1.165, 1.54) is 6.07 Å². The van der Waals surface area contributed by atoms with E-state index in [0.29, 0.717) is 0 Å². The highest BCUT2D eigenvalue weighted by molar-refractivity contribution is 6.14. The van der Waals surface area contributed by atoms with Gasteiger partial charge in [0.25, 0.3) is 0 Å². The number of hydrogen-bond acceptors (Lipinski definition) is 4. The quantitative estimate of drug-likeness (QED) is 0.519. The highest BCUT2D eigenvalue weighted by Gasteiger charge is 2.15. The summed E-state index contributed by atoms with van der Waals surface area (Å²) in [5.41, 5.74) is 3.56. The van der Waals surface area contributed by atoms with Crippen molar-refractivity contribution >= 4 is 30.6 Å². The third kappa shape index (κ3) is 3.48. The lowest BCUT2D eigenvalue weighted by Crippen LogP contribution is -2.00. The van der Waals surface area contributed by atoms with Crippen molar-refractivity contribution in [3.8, 4) is 0 Å². The molecule has 106 valence electrons. The Hall–Kier alpha value is -2.63. The Morgan fingerprint density at radius 1 is 1.33 bits per heavy atom. The lowest BCUT2D eigenvalue weighted by Gasteiger charge is -2.08. The summed E-state index contributed by atoms with van der Waals surface area (Å²) in [6.07, 6.45) is 0.887. The van der Waals surface area contributed by atoms with Gasteiger partial charge in [0.05, 0.1) is 4.92 Å². The van der Waals surface area contributed by atoms with Crippen molar-refractivity contribution in [3.63, 3.8) is 0 Å². The van der Waals surface area contributed by atoms with Gasteiger partial charge < -0.3 is 5.32 Å². The van der Waals surface area contributed by atoms with Gasteiger partial charge in [-0.25, -0.2) is 4.98 Å². The lowest BCUT2D eigenvalue weighted by atomic mass is 9.93. The third-order valence-electron chi connectivity index (χ3n) is 3.19. The first-order chi connectivity index (χ1) is 10.0. The summed E-state index contributed by atoms with van der Waals surface area (Å²) in [5.74, 6) is 0.252. The molecule has 0 saturated heterocycles. The van der Waals surface area contributed by atoms with Crippen LogP contribution in [0, 0.1) is 17.0 Å². The van der Waals surface area contributed by atoms with E-state index < -0.39 is 4.92 Å². The van der Waals surface area contributed by atoms with Crippen molar-refractivity contribution in [2.45, 2.75) is 13.2 Å². The SMILES string of the molecule is BCC(=C)c1ccc(Nc2nc(C)ccc2[N+](=O)[O-])cc1. The molecule has 1 aromatic heterocycles. The van der Waals surface area contributed by atoms with E-state index in [-0.39, 0.29) is 11.5 Å². The number of allylic oxidation sites excluding steroid dienone is 1. The van der Waals surface area contributed by atoms with Crippen LogP contribution in [0.2, 0.25) is 6.32 Å². The molecule has 0 fully saturated rings. The Balaban J connectivity index is 2.28. The topological polar surface area (TPSA) is 68.1 Å². The molecule has 1 heterocycles. The molecule has 0 aliphatic carbocycles. The zero-order chi connectivity index (χ0) is 15.4. The van der Waals surface area contributed by atoms with Gasteiger partial charge in [0.15, 0.2) is 0 Å². The molecule has 6 heteroatoms. The van der Waals surface area contributed by atoms with Crippen LogP contribution in [0.3, 0.4) is 0 Å². The van der Waals surface area contributed by atoms with Gasteiger partial charge in [-0.05, 0) is 30.7 Å². The van der Waals surface area contributed by atoms with Crippen LogP contribution in [0.15, 0.2) is 43.0 Å². The molecule has 0 atom stereocenters. The van der Waals surface area contributed by atoms with Gasteiger partial charge in [0.2, 0.25) is 5.82 Å². The van der Waals surface area contributed by atoms with Crippen molar-refractivity contribution in [1.29, 1.82) is 0 Å². The molecule has 1 N–H and O–H groups in total. The second-order valence-electron chi connectivity index (χ2n) is 4.74. The van der Waals surface area contributed by atoms with E-state index in [1.807, 2.05) is 24.3 Å². The fourth-order valence-electron chi connectivity index (χ4n) is 1.92. The van der Waals surface area contributed by atoms with E-state index in [1.54, 1.807) is 13.0 Å². The molecule has 0 unspecified atom stereocenters. The maximum absolute atomic E-state index is 11.0. The van der Waals surface area contributed by atoms with Crippen molar-refractivity contribution in [2.75, 3.05) is 5.32 Å². The zero-order valence-corrected chi connectivity index (χ0v) is 12.1. The Morgan fingerprint density at radius 3 is 2.57 bits per heavy atom. The summed E-state index contributed by atoms with van der Waals surface area (Å²) < 4.78 is 0. The van der Waals surface area contributed by atoms with Gasteiger partial charge in [-0.3, -0.25) is 10.1 Å². The molecule has 1 aromatic carbocycles. The van der Waals surface area contributed by atoms with Crippen LogP contribution in [0.4, 0.5) is 17.2 Å². The molecular formula is C15H16BN3O2. The number of nitrogens with zero attached hydrogens (tertiary/aromatic N) is 2. The van der Waals surface area contributed by atoms with Gasteiger partial charge >= 0.3 is 5.69 Å². The van der Waals surface area contributed by atoms with Gasteiger partial charge in [0, 0.05) is 17.4 Å². The number of anilines is 2. The summed E-state index contributed by atoms with van der Waals surface area (Å²) in [7, 11) is 2.05. The van der Waals surface area contributed by atoms with Gasteiger partial charge in [0.1, 0.15) is 7.85 Å². The number of pyridine rings is 1. The van der Waals surface area contributed by atoms with E-state index in [9.17, 15) is 10.1 Å². The predicted molar refractivity (Wildman–Crippen MR) is 87.7 cm³/mol. The van der Waals surface area contributed by atoms with Gasteiger partial charge in [-0.2, -0.15) is 0 Å². The minimum absolute atomic E-state index is 0.0392. The molecule has 0 spiro atoms. The van der Waals surface area contributed by atoms with Crippen LogP contribution >= 0.6 is 0 Å². The second-order valence-corrected chi connectivity index (χ2v) is 4.74. The van der Waals surface area contributed by atoms with Crippen LogP contribution in [0.5, 0.6) is 0 Å². The molecule has 5 nitrogen and oxygen atoms in total. The summed E-state index contributed by atoms with van der Waals surface area (Å²) >= 11 is 0. The van der Waals surface area contributed by atoms with E-state index in [2.05, 4.69) is 24.7 Å². The number of aryl methyl sites for hydroxylation is 1. The Bertz CT molecular complexity index is 684. The molecule has 0 saturated carbocycles. The number of rotatable bonds is 5. The van der Waals surface area contributed by atoms with E-state index in [0.717, 1.165) is 28.8 Å². The average molecular weight is 281 g/mol. The Morgan fingerprint density at radius 2 is 2.00 bits per heavy atom. The summed E-state index contributed by atoms with van der Waals surface area (Å²) in [6.45, 7) is 5.78. The smallest absolute Gasteiger partial charge is 0.311 e. The minimum atomic E-state index is -0.442. The van der Waals surface area contributed by atoms with Crippen LogP contribution < -0.4 is 5.32 Å². The third-order valence-corrected chi connectivity index (χ3v) is 3.19. The molecule has 0 bridgehead atoms. The standard InChI is InChI=1S/C15H16BN3O2/c1-10(9-16)12-4-6-13(7-5-12)18-15-14(19(20)21)8-3-11(2)17-15/h3-8H,1,9,16H2,2H3,(H,17,18). The van der Waals surface area contributed by atoms with Gasteiger partial charge in [-0.1, -0.05) is 30.6 Å². The summed E-state index contributed by atoms with van der Waals surface area (Å²) in [4.78, 5) is 14.8. The van der Waals surface area contributed by atoms with Crippen LogP contribution in [0.25, 0.3) is 5.57 Å². The first-order valence-electron chi connectivity index (χ1n) is 6.68. The van der Waals surface area contributed by atoms with Crippen molar-refractivity contribution in [2.24, 2.45) is 0 Å². The highest BCUT2D eigenvalue weighted by Crippen LogP contribution is 2.26. The summed E-state index contributed by atoms with van der Waals surface area (Å²) in [5, 5.41) is 14.0. The molecule has 0 aliphatic rings. The van der Waals surface area contributed by atoms with Crippen LogP contribution in [0.1, 0.15) is 11.3 Å². The lowest BCUT2D eigenvalue weighted by molar-refractivity contribution is -0.384. The van der Waals surface area contributed by atoms with Crippen LogP contribution in [-0.4, -0.2) is 17.8 Å². The molecular weight excluding hydrogens is 265 g/mol. The average Bonchev–Trinajstić information content (AvgIpc) is 2.47. The number of benzene rings is 1. The first kappa shape index (κ1) is 14.8. The molecule has 2 rings (SSSR count). The van der Waals surface area contributed by atoms with Crippen molar-refractivity contribution in [3.05, 3.63) is 64.3 Å². The molecule has 21 heavy (non-hydrogen) atoms. The zero-order valence-electron chi connectivity index (χ0n) is 12.1. The molecule has 0 amide bonds. The molecule has 0 radical (unpaired) electrons. The monoisotopic (exact) mass is 281 g/mol. The Kier molecular flexibility index (Phi) is 4.37. The minimum Gasteiger partial charge on any atom is -0.334 e. The second kappa shape index (κ2) is 6.22. The van der Waals surface area contributed by atoms with Gasteiger partial charge in [-0.15, -0.1) is 0 Å². The van der Waals surface area contributed by atoms with E-state index >= 15 is 0 Å². The molecule has 2 aromatic rings. The van der Waals surface area contributed by atoms with Crippen molar-refractivity contribution < 1.29 is 4.92 Å². The Labute approximate surface area is 124 Å². The number of nitrogens with one attached hydrogen (secondary N) is 1. The van der Waals surface area contributed by atoms with Crippen molar-refractivity contribution in [1.82, 2.24) is 4.98 Å². The fraction of sp³-hybridized carbons (Fsp3) is 0.133.